The second kappa shape index (κ2) is 9.27. The first-order valence-electron chi connectivity index (χ1n) is 9.33. The zero-order chi connectivity index (χ0) is 21.8. The van der Waals surface area contributed by atoms with Crippen LogP contribution in [0.3, 0.4) is 0 Å². The first kappa shape index (κ1) is 26.4. The summed E-state index contributed by atoms with van der Waals surface area (Å²) in [5.41, 5.74) is -2.57. The Balaban J connectivity index is 5.90. The van der Waals surface area contributed by atoms with Crippen molar-refractivity contribution in [2.75, 3.05) is 0 Å². The Labute approximate surface area is 166 Å². The average Bonchev–Trinajstić information content (AvgIpc) is 2.45. The smallest absolute Gasteiger partial charge is 0.383 e. The van der Waals surface area contributed by atoms with Crippen molar-refractivity contribution in [2.45, 2.75) is 97.8 Å². The molecule has 0 aromatic rings. The van der Waals surface area contributed by atoms with Crippen LogP contribution in [-0.2, 0) is 28.5 Å². The number of aliphatic hydroxyl groups excluding tert-OH is 1. The maximum atomic E-state index is 13.0. The van der Waals surface area contributed by atoms with Gasteiger partial charge in [-0.1, -0.05) is 41.5 Å². The van der Waals surface area contributed by atoms with Gasteiger partial charge in [-0.15, -0.1) is 0 Å². The molecule has 0 rings (SSSR count). The van der Waals surface area contributed by atoms with Gasteiger partial charge in [0.2, 0.25) is 14.8 Å². The number of carbonyl (C=O) groups is 2. The zero-order valence-electron chi connectivity index (χ0n) is 18.8. The maximum absolute atomic E-state index is 13.0. The third-order valence-corrected chi connectivity index (χ3v) is 8.99. The standard InChI is InChI=1S/C18H38O7Si2/c1-13(19)14(20)18(12-16(2,3)4,23-24-26(8)9)15(21)22-25-27(10,11)17(5,6)7/h13,19,26H,12H2,1-11H3. The molecule has 0 bridgehead atoms. The predicted octanol–water partition coefficient (Wildman–Crippen LogP) is 3.52. The highest BCUT2D eigenvalue weighted by Crippen LogP contribution is 2.38. The van der Waals surface area contributed by atoms with Crippen molar-refractivity contribution in [3.63, 3.8) is 0 Å². The highest BCUT2D eigenvalue weighted by atomic mass is 28.4. The molecule has 2 atom stereocenters. The van der Waals surface area contributed by atoms with E-state index in [4.69, 9.17) is 18.9 Å². The van der Waals surface area contributed by atoms with Crippen molar-refractivity contribution in [1.29, 1.82) is 0 Å². The minimum atomic E-state index is -2.42. The van der Waals surface area contributed by atoms with Crippen molar-refractivity contribution in [1.82, 2.24) is 0 Å². The summed E-state index contributed by atoms with van der Waals surface area (Å²) in [5, 5.41) is 9.71. The van der Waals surface area contributed by atoms with E-state index in [1.807, 2.05) is 67.7 Å². The van der Waals surface area contributed by atoms with Crippen LogP contribution in [0.15, 0.2) is 0 Å². The Hall–Kier alpha value is -0.586. The van der Waals surface area contributed by atoms with E-state index in [0.717, 1.165) is 0 Å². The minimum absolute atomic E-state index is 0.0233. The SMILES string of the molecule is CC(O)C(=O)C(CC(C)(C)C)(OO[SiH](C)C)C(=O)OO[Si](C)(C)C(C)(C)C. The second-order valence-electron chi connectivity index (χ2n) is 10.0. The van der Waals surface area contributed by atoms with Crippen LogP contribution in [0.2, 0.25) is 31.2 Å². The number of ketones is 1. The molecule has 9 heteroatoms. The number of Topliss-reactive ketones (excluding diaryl/α,β-unsaturated/α-hetero) is 1. The van der Waals surface area contributed by atoms with Crippen LogP contribution in [0.1, 0.15) is 54.9 Å². The van der Waals surface area contributed by atoms with Gasteiger partial charge < -0.3 is 9.99 Å². The summed E-state index contributed by atoms with van der Waals surface area (Å²) in [7, 11) is -4.15. The van der Waals surface area contributed by atoms with Gasteiger partial charge in [-0.05, 0) is 43.6 Å². The molecule has 0 heterocycles. The molecule has 0 saturated carbocycles. The van der Waals surface area contributed by atoms with Gasteiger partial charge in [-0.3, -0.25) is 9.37 Å². The van der Waals surface area contributed by atoms with Crippen LogP contribution in [0.4, 0.5) is 0 Å². The quantitative estimate of drug-likeness (QED) is 0.263. The summed E-state index contributed by atoms with van der Waals surface area (Å²) in [6.45, 7) is 20.4. The Morgan fingerprint density at radius 3 is 1.89 bits per heavy atom. The largest absolute Gasteiger partial charge is 0.385 e. The fraction of sp³-hybridized carbons (Fsp3) is 0.889. The molecule has 0 aromatic carbocycles. The number of carbonyl (C=O) groups excluding carboxylic acids is 2. The molecule has 27 heavy (non-hydrogen) atoms. The fourth-order valence-corrected chi connectivity index (χ4v) is 2.85. The summed E-state index contributed by atoms with van der Waals surface area (Å²) in [5.74, 6) is -1.81. The molecule has 160 valence electrons. The lowest BCUT2D eigenvalue weighted by Crippen LogP contribution is -2.57. The molecule has 2 unspecified atom stereocenters. The first-order chi connectivity index (χ1) is 11.9. The van der Waals surface area contributed by atoms with Gasteiger partial charge in [0.1, 0.15) is 6.10 Å². The van der Waals surface area contributed by atoms with E-state index >= 15 is 0 Å². The van der Waals surface area contributed by atoms with Gasteiger partial charge in [-0.25, -0.2) is 14.3 Å². The molecular weight excluding hydrogens is 384 g/mol. The lowest BCUT2D eigenvalue weighted by atomic mass is 9.78. The molecule has 0 amide bonds. The van der Waals surface area contributed by atoms with Crippen LogP contribution in [0.25, 0.3) is 0 Å². The zero-order valence-corrected chi connectivity index (χ0v) is 20.9. The van der Waals surface area contributed by atoms with Gasteiger partial charge in [-0.2, -0.15) is 0 Å². The van der Waals surface area contributed by atoms with Gasteiger partial charge >= 0.3 is 5.97 Å². The highest BCUT2D eigenvalue weighted by Gasteiger charge is 2.55. The van der Waals surface area contributed by atoms with Crippen LogP contribution in [0, 0.1) is 5.41 Å². The Morgan fingerprint density at radius 1 is 1.07 bits per heavy atom. The van der Waals surface area contributed by atoms with E-state index in [2.05, 4.69) is 0 Å². The van der Waals surface area contributed by atoms with Crippen LogP contribution in [-0.4, -0.2) is 45.9 Å². The Morgan fingerprint density at radius 2 is 1.56 bits per heavy atom. The Bertz CT molecular complexity index is 519. The number of hydrogen-bond acceptors (Lipinski definition) is 7. The minimum Gasteiger partial charge on any atom is -0.385 e. The summed E-state index contributed by atoms with van der Waals surface area (Å²) < 4.78 is 10.9. The highest BCUT2D eigenvalue weighted by molar-refractivity contribution is 6.73. The Kier molecular flexibility index (Phi) is 9.07. The normalized spacial score (nSPS) is 16.8. The molecule has 0 aliphatic rings. The molecule has 0 aliphatic heterocycles. The summed E-state index contributed by atoms with van der Waals surface area (Å²) in [6.07, 6.45) is -1.45. The lowest BCUT2D eigenvalue weighted by Gasteiger charge is -2.37. The predicted molar refractivity (Wildman–Crippen MR) is 109 cm³/mol. The van der Waals surface area contributed by atoms with Gasteiger partial charge in [0.05, 0.1) is 0 Å². The van der Waals surface area contributed by atoms with Crippen molar-refractivity contribution >= 4 is 29.1 Å². The maximum Gasteiger partial charge on any atom is 0.383 e. The molecule has 0 saturated heterocycles. The number of aliphatic hydroxyl groups is 1. The summed E-state index contributed by atoms with van der Waals surface area (Å²) in [6, 6.07) is 0. The van der Waals surface area contributed by atoms with Crippen molar-refractivity contribution < 1.29 is 33.6 Å². The topological polar surface area (TPSA) is 91.3 Å². The molecule has 0 aromatic heterocycles. The summed E-state index contributed by atoms with van der Waals surface area (Å²) >= 11 is 0. The molecule has 0 spiro atoms. The first-order valence-corrected chi connectivity index (χ1v) is 15.0. The third kappa shape index (κ3) is 7.74. The monoisotopic (exact) mass is 422 g/mol. The third-order valence-electron chi connectivity index (χ3n) is 4.40. The number of rotatable bonds is 9. The van der Waals surface area contributed by atoms with E-state index in [1.54, 1.807) is 0 Å². The second-order valence-corrected chi connectivity index (χ2v) is 17.0. The fourth-order valence-electron chi connectivity index (χ4n) is 1.96. The molecular formula is C18H38O7Si2. The van der Waals surface area contributed by atoms with E-state index in [-0.39, 0.29) is 11.5 Å². The van der Waals surface area contributed by atoms with Gasteiger partial charge in [0.25, 0.3) is 13.9 Å². The van der Waals surface area contributed by atoms with E-state index in [0.29, 0.717) is 0 Å². The molecule has 0 fully saturated rings. The van der Waals surface area contributed by atoms with Crippen LogP contribution in [0.5, 0.6) is 0 Å². The van der Waals surface area contributed by atoms with E-state index in [1.165, 1.54) is 6.92 Å². The molecule has 1 N–H and O–H groups in total. The lowest BCUT2D eigenvalue weighted by molar-refractivity contribution is -0.310. The van der Waals surface area contributed by atoms with Crippen LogP contribution < -0.4 is 0 Å². The molecule has 0 aliphatic carbocycles. The van der Waals surface area contributed by atoms with Crippen molar-refractivity contribution in [3.05, 3.63) is 0 Å². The van der Waals surface area contributed by atoms with Gasteiger partial charge in [0.15, 0.2) is 0 Å². The average molecular weight is 423 g/mol. The van der Waals surface area contributed by atoms with Gasteiger partial charge in [0, 0.05) is 6.42 Å². The molecule has 7 nitrogen and oxygen atoms in total. The van der Waals surface area contributed by atoms with E-state index < -0.39 is 46.2 Å². The molecule has 0 radical (unpaired) electrons. The van der Waals surface area contributed by atoms with E-state index in [9.17, 15) is 14.7 Å². The van der Waals surface area contributed by atoms with Crippen molar-refractivity contribution in [3.8, 4) is 0 Å². The number of hydrogen-bond donors (Lipinski definition) is 1. The van der Waals surface area contributed by atoms with Crippen LogP contribution >= 0.6 is 0 Å². The summed E-state index contributed by atoms with van der Waals surface area (Å²) in [4.78, 5) is 36.4. The van der Waals surface area contributed by atoms with Crippen molar-refractivity contribution in [2.24, 2.45) is 5.41 Å².